The van der Waals surface area contributed by atoms with Crippen molar-refractivity contribution >= 4 is 11.7 Å². The second-order valence-corrected chi connectivity index (χ2v) is 12.4. The van der Waals surface area contributed by atoms with Crippen molar-refractivity contribution in [3.8, 4) is 5.69 Å². The Kier molecular flexibility index (Phi) is 9.01. The van der Waals surface area contributed by atoms with E-state index < -0.39 is 16.8 Å². The molecule has 2 fully saturated rings. The van der Waals surface area contributed by atoms with Crippen LogP contribution < -0.4 is 16.3 Å². The molecule has 0 spiro atoms. The van der Waals surface area contributed by atoms with E-state index in [1.54, 1.807) is 41.1 Å². The highest BCUT2D eigenvalue weighted by Gasteiger charge is 2.49. The van der Waals surface area contributed by atoms with Gasteiger partial charge in [-0.15, -0.1) is 0 Å². The minimum atomic E-state index is -0.820. The standard InChI is InChI=1S/C39H39N5O4/c1-38(28-40-22-25-48-38)34-27-43(24-26-47-34)39(30-15-7-3-8-16-30,31-17-9-4-10-18-31)32-19-11-12-20-33(32)44-23-21-35(42-37(44)46)41-36(45)29-13-5-2-6-14-29/h2-21,23,34,40H,22,24-28H2,1H3,(H,41,42,45,46). The number of para-hydroxylation sites is 1. The molecule has 1 aromatic heterocycles. The van der Waals surface area contributed by atoms with Crippen molar-refractivity contribution in [3.63, 3.8) is 0 Å². The maximum Gasteiger partial charge on any atom is 0.354 e. The molecule has 0 aliphatic carbocycles. The van der Waals surface area contributed by atoms with E-state index in [4.69, 9.17) is 9.47 Å². The molecular formula is C39H39N5O4. The zero-order valence-electron chi connectivity index (χ0n) is 26.9. The van der Waals surface area contributed by atoms with Crippen molar-refractivity contribution in [2.75, 3.05) is 44.7 Å². The molecule has 7 rings (SSSR count). The van der Waals surface area contributed by atoms with Crippen LogP contribution in [0.3, 0.4) is 0 Å². The molecule has 2 aliphatic heterocycles. The fraction of sp³-hybridized carbons (Fsp3) is 0.256. The molecule has 0 bridgehead atoms. The van der Waals surface area contributed by atoms with Crippen LogP contribution in [0.5, 0.6) is 0 Å². The van der Waals surface area contributed by atoms with Crippen LogP contribution in [0, 0.1) is 0 Å². The lowest BCUT2D eigenvalue weighted by Crippen LogP contribution is -2.64. The highest BCUT2D eigenvalue weighted by atomic mass is 16.6. The number of hydrogen-bond donors (Lipinski definition) is 2. The van der Waals surface area contributed by atoms with Crippen LogP contribution in [0.2, 0.25) is 0 Å². The number of nitrogens with one attached hydrogen (secondary N) is 2. The minimum absolute atomic E-state index is 0.185. The molecule has 2 unspecified atom stereocenters. The van der Waals surface area contributed by atoms with E-state index in [1.807, 2.05) is 36.4 Å². The van der Waals surface area contributed by atoms with Crippen LogP contribution in [0.4, 0.5) is 5.82 Å². The highest BCUT2D eigenvalue weighted by Crippen LogP contribution is 2.46. The Morgan fingerprint density at radius 2 is 1.52 bits per heavy atom. The lowest BCUT2D eigenvalue weighted by atomic mass is 9.74. The molecule has 48 heavy (non-hydrogen) atoms. The molecule has 2 atom stereocenters. The Balaban J connectivity index is 1.37. The normalized spacial score (nSPS) is 20.2. The maximum absolute atomic E-state index is 13.8. The molecule has 1 amide bonds. The van der Waals surface area contributed by atoms with Crippen LogP contribution >= 0.6 is 0 Å². The zero-order chi connectivity index (χ0) is 33.0. The van der Waals surface area contributed by atoms with E-state index in [0.717, 1.165) is 23.2 Å². The molecule has 2 N–H and O–H groups in total. The lowest BCUT2D eigenvalue weighted by Gasteiger charge is -2.52. The number of carbonyl (C=O) groups excluding carboxylic acids is 1. The van der Waals surface area contributed by atoms with E-state index in [0.29, 0.717) is 44.1 Å². The molecular weight excluding hydrogens is 602 g/mol. The first-order valence-corrected chi connectivity index (χ1v) is 16.4. The molecule has 0 saturated carbocycles. The third-order valence-electron chi connectivity index (χ3n) is 9.43. The second kappa shape index (κ2) is 13.7. The third-order valence-corrected chi connectivity index (χ3v) is 9.43. The number of carbonyl (C=O) groups is 1. The third kappa shape index (κ3) is 5.97. The summed E-state index contributed by atoms with van der Waals surface area (Å²) in [6, 6.07) is 39.4. The lowest BCUT2D eigenvalue weighted by molar-refractivity contribution is -0.178. The molecule has 4 aromatic carbocycles. The topological polar surface area (TPSA) is 97.7 Å². The van der Waals surface area contributed by atoms with Crippen molar-refractivity contribution in [3.05, 3.63) is 160 Å². The van der Waals surface area contributed by atoms with Gasteiger partial charge in [-0.25, -0.2) is 4.79 Å². The summed E-state index contributed by atoms with van der Waals surface area (Å²) >= 11 is 0. The quantitative estimate of drug-likeness (QED) is 0.234. The fourth-order valence-electron chi connectivity index (χ4n) is 7.07. The van der Waals surface area contributed by atoms with Crippen molar-refractivity contribution < 1.29 is 14.3 Å². The minimum Gasteiger partial charge on any atom is -0.372 e. The number of nitrogens with zero attached hydrogens (tertiary/aromatic N) is 3. The first kappa shape index (κ1) is 31.7. The fourth-order valence-corrected chi connectivity index (χ4v) is 7.07. The second-order valence-electron chi connectivity index (χ2n) is 12.4. The van der Waals surface area contributed by atoms with Crippen LogP contribution in [-0.4, -0.2) is 71.5 Å². The Labute approximate surface area is 280 Å². The average Bonchev–Trinajstić information content (AvgIpc) is 3.14. The molecule has 244 valence electrons. The largest absolute Gasteiger partial charge is 0.372 e. The monoisotopic (exact) mass is 641 g/mol. The van der Waals surface area contributed by atoms with Gasteiger partial charge in [-0.1, -0.05) is 97.1 Å². The van der Waals surface area contributed by atoms with Crippen LogP contribution in [0.25, 0.3) is 5.69 Å². The van der Waals surface area contributed by atoms with Gasteiger partial charge in [-0.2, -0.15) is 4.98 Å². The van der Waals surface area contributed by atoms with E-state index in [-0.39, 0.29) is 17.8 Å². The van der Waals surface area contributed by atoms with Gasteiger partial charge in [-0.05, 0) is 42.3 Å². The van der Waals surface area contributed by atoms with E-state index in [9.17, 15) is 9.59 Å². The van der Waals surface area contributed by atoms with E-state index >= 15 is 0 Å². The van der Waals surface area contributed by atoms with E-state index in [1.165, 1.54) is 0 Å². The number of rotatable bonds is 8. The molecule has 9 nitrogen and oxygen atoms in total. The van der Waals surface area contributed by atoms with E-state index in [2.05, 4.69) is 82.0 Å². The maximum atomic E-state index is 13.8. The molecule has 2 aliphatic rings. The Hall–Kier alpha value is -4.93. The summed E-state index contributed by atoms with van der Waals surface area (Å²) in [5.41, 5.74) is 2.38. The van der Waals surface area contributed by atoms with Crippen LogP contribution in [-0.2, 0) is 15.0 Å². The molecule has 3 heterocycles. The van der Waals surface area contributed by atoms with Crippen molar-refractivity contribution in [2.45, 2.75) is 24.2 Å². The number of anilines is 1. The number of morpholine rings is 2. The Bertz CT molecular complexity index is 1870. The number of ether oxygens (including phenoxy) is 2. The SMILES string of the molecule is CC1(C2CN(C(c3ccccc3)(c3ccccc3)c3ccccc3-n3ccc(NC(=O)c4ccccc4)nc3=O)CCO2)CNCCO1. The van der Waals surface area contributed by atoms with Crippen molar-refractivity contribution in [1.82, 2.24) is 19.8 Å². The Morgan fingerprint density at radius 1 is 0.875 bits per heavy atom. The van der Waals surface area contributed by atoms with Crippen molar-refractivity contribution in [2.24, 2.45) is 0 Å². The predicted molar refractivity (Wildman–Crippen MR) is 186 cm³/mol. The summed E-state index contributed by atoms with van der Waals surface area (Å²) < 4.78 is 14.4. The number of hydrogen-bond acceptors (Lipinski definition) is 7. The van der Waals surface area contributed by atoms with Gasteiger partial charge in [0.05, 0.1) is 24.4 Å². The number of amides is 1. The van der Waals surface area contributed by atoms with Gasteiger partial charge < -0.3 is 20.1 Å². The smallest absolute Gasteiger partial charge is 0.354 e. The van der Waals surface area contributed by atoms with Gasteiger partial charge >= 0.3 is 5.69 Å². The summed E-state index contributed by atoms with van der Waals surface area (Å²) in [5, 5.41) is 6.25. The molecule has 2 saturated heterocycles. The van der Waals surface area contributed by atoms with Crippen LogP contribution in [0.1, 0.15) is 34.0 Å². The van der Waals surface area contributed by atoms with Gasteiger partial charge in [0, 0.05) is 43.5 Å². The summed E-state index contributed by atoms with van der Waals surface area (Å²) in [4.78, 5) is 33.4. The highest BCUT2D eigenvalue weighted by molar-refractivity contribution is 6.03. The number of benzene rings is 4. The Morgan fingerprint density at radius 3 is 2.17 bits per heavy atom. The summed E-state index contributed by atoms with van der Waals surface area (Å²) in [6.45, 7) is 6.01. The van der Waals surface area contributed by atoms with Gasteiger partial charge in [0.1, 0.15) is 17.5 Å². The van der Waals surface area contributed by atoms with Crippen LogP contribution in [0.15, 0.2) is 132 Å². The molecule has 9 heteroatoms. The molecule has 0 radical (unpaired) electrons. The molecule has 5 aromatic rings. The van der Waals surface area contributed by atoms with Gasteiger partial charge in [0.15, 0.2) is 0 Å². The van der Waals surface area contributed by atoms with Gasteiger partial charge in [0.25, 0.3) is 5.91 Å². The summed E-state index contributed by atoms with van der Waals surface area (Å²) in [7, 11) is 0. The first-order chi connectivity index (χ1) is 23.5. The zero-order valence-corrected chi connectivity index (χ0v) is 26.9. The van der Waals surface area contributed by atoms with Gasteiger partial charge in [0.2, 0.25) is 0 Å². The summed E-state index contributed by atoms with van der Waals surface area (Å²) in [5.74, 6) is -0.147. The summed E-state index contributed by atoms with van der Waals surface area (Å²) in [6.07, 6.45) is 1.48. The average molecular weight is 642 g/mol. The predicted octanol–water partition coefficient (Wildman–Crippen LogP) is 4.86. The van der Waals surface area contributed by atoms with Crippen molar-refractivity contribution in [1.29, 1.82) is 0 Å². The number of aromatic nitrogens is 2. The van der Waals surface area contributed by atoms with Gasteiger partial charge in [-0.3, -0.25) is 14.3 Å². The first-order valence-electron chi connectivity index (χ1n) is 16.4.